The first-order chi connectivity index (χ1) is 11.9. The molecule has 0 unspecified atom stereocenters. The molecule has 0 spiro atoms. The highest BCUT2D eigenvalue weighted by atomic mass is 32.1. The summed E-state index contributed by atoms with van der Waals surface area (Å²) < 4.78 is 0. The minimum absolute atomic E-state index is 0.0655. The van der Waals surface area contributed by atoms with E-state index in [9.17, 15) is 4.79 Å². The second-order valence-electron chi connectivity index (χ2n) is 6.37. The predicted octanol–water partition coefficient (Wildman–Crippen LogP) is 5.54. The number of benzene rings is 1. The van der Waals surface area contributed by atoms with Crippen LogP contribution in [0.15, 0.2) is 41.8 Å². The normalized spacial score (nSPS) is 13.4. The average molecular weight is 371 g/mol. The lowest BCUT2D eigenvalue weighted by molar-refractivity contribution is 0.0902. The van der Waals surface area contributed by atoms with E-state index in [1.807, 2.05) is 37.3 Å². The highest BCUT2D eigenvalue weighted by Gasteiger charge is 2.30. The van der Waals surface area contributed by atoms with Crippen molar-refractivity contribution in [3.8, 4) is 11.3 Å². The van der Waals surface area contributed by atoms with Crippen LogP contribution in [0.5, 0.6) is 0 Å². The first kappa shape index (κ1) is 17.8. The number of nitrogens with zero attached hydrogens (tertiary/aromatic N) is 1. The molecule has 3 rings (SSSR count). The minimum atomic E-state index is -0.477. The van der Waals surface area contributed by atoms with Crippen LogP contribution in [0.2, 0.25) is 0 Å². The van der Waals surface area contributed by atoms with E-state index in [1.54, 1.807) is 22.7 Å². The zero-order chi connectivity index (χ0) is 18.0. The fraction of sp³-hybridized carbons (Fsp3) is 0.300. The Morgan fingerprint density at radius 3 is 2.56 bits per heavy atom. The Bertz CT molecular complexity index is 882. The van der Waals surface area contributed by atoms with Crippen molar-refractivity contribution < 1.29 is 4.79 Å². The van der Waals surface area contributed by atoms with Crippen LogP contribution in [0.1, 0.15) is 45.4 Å². The topological polar surface area (TPSA) is 42.0 Å². The van der Waals surface area contributed by atoms with Gasteiger partial charge in [-0.1, -0.05) is 25.1 Å². The molecule has 0 radical (unpaired) electrons. The second-order valence-corrected chi connectivity index (χ2v) is 8.69. The van der Waals surface area contributed by atoms with Crippen LogP contribution in [-0.4, -0.2) is 10.9 Å². The Balaban J connectivity index is 1.88. The van der Waals surface area contributed by atoms with Gasteiger partial charge in [-0.2, -0.15) is 0 Å². The monoisotopic (exact) mass is 370 g/mol. The molecule has 3 nitrogen and oxygen atoms in total. The third-order valence-corrected chi connectivity index (χ3v) is 6.50. The van der Waals surface area contributed by atoms with Crippen LogP contribution in [0, 0.1) is 13.8 Å². The second kappa shape index (κ2) is 7.10. The van der Waals surface area contributed by atoms with E-state index in [2.05, 4.69) is 37.5 Å². The summed E-state index contributed by atoms with van der Waals surface area (Å²) in [6.45, 7) is 8.36. The Morgan fingerprint density at radius 2 is 1.96 bits per heavy atom. The highest BCUT2D eigenvalue weighted by molar-refractivity contribution is 7.12. The third-order valence-electron chi connectivity index (χ3n) is 4.43. The van der Waals surface area contributed by atoms with Gasteiger partial charge in [0.25, 0.3) is 5.91 Å². The number of rotatable bonds is 5. The van der Waals surface area contributed by atoms with Gasteiger partial charge in [0.05, 0.1) is 11.2 Å². The zero-order valence-electron chi connectivity index (χ0n) is 14.9. The Labute approximate surface area is 156 Å². The number of thiophene rings is 1. The first-order valence-electron chi connectivity index (χ1n) is 8.34. The zero-order valence-corrected chi connectivity index (χ0v) is 16.6. The van der Waals surface area contributed by atoms with Gasteiger partial charge in [-0.25, -0.2) is 4.98 Å². The lowest BCUT2D eigenvalue weighted by atomic mass is 9.99. The summed E-state index contributed by atoms with van der Waals surface area (Å²) in [4.78, 5) is 20.0. The van der Waals surface area contributed by atoms with E-state index in [0.29, 0.717) is 5.56 Å². The van der Waals surface area contributed by atoms with Gasteiger partial charge in [-0.15, -0.1) is 22.7 Å². The van der Waals surface area contributed by atoms with E-state index >= 15 is 0 Å². The van der Waals surface area contributed by atoms with E-state index in [4.69, 9.17) is 4.98 Å². The molecule has 1 atom stereocenters. The smallest absolute Gasteiger partial charge is 0.252 e. The van der Waals surface area contributed by atoms with E-state index in [0.717, 1.165) is 17.1 Å². The average Bonchev–Trinajstić information content (AvgIpc) is 3.22. The summed E-state index contributed by atoms with van der Waals surface area (Å²) in [6.07, 6.45) is 0.778. The Morgan fingerprint density at radius 1 is 1.24 bits per heavy atom. The lowest BCUT2D eigenvalue weighted by Gasteiger charge is -2.27. The summed E-state index contributed by atoms with van der Waals surface area (Å²) in [6, 6.07) is 11.5. The van der Waals surface area contributed by atoms with E-state index in [1.165, 1.54) is 15.3 Å². The summed E-state index contributed by atoms with van der Waals surface area (Å²) in [5.41, 5.74) is 2.38. The van der Waals surface area contributed by atoms with E-state index in [-0.39, 0.29) is 5.91 Å². The number of amides is 1. The molecule has 0 aliphatic heterocycles. The van der Waals surface area contributed by atoms with E-state index < -0.39 is 5.54 Å². The predicted molar refractivity (Wildman–Crippen MR) is 106 cm³/mol. The maximum Gasteiger partial charge on any atom is 0.252 e. The van der Waals surface area contributed by atoms with Crippen molar-refractivity contribution in [2.75, 3.05) is 0 Å². The molecule has 1 aromatic carbocycles. The Hall–Kier alpha value is -1.98. The SMILES string of the molecule is CC[C@@](C)(NC(=O)c1ccccc1)c1nc(-c2cc(C)sc2C)cs1. The number of carbonyl (C=O) groups is 1. The van der Waals surface area contributed by atoms with Crippen molar-refractivity contribution in [3.63, 3.8) is 0 Å². The van der Waals surface area contributed by atoms with Crippen LogP contribution < -0.4 is 5.32 Å². The van der Waals surface area contributed by atoms with Gasteiger partial charge in [-0.3, -0.25) is 4.79 Å². The van der Waals surface area contributed by atoms with Gasteiger partial charge < -0.3 is 5.32 Å². The molecule has 0 bridgehead atoms. The molecule has 2 heterocycles. The van der Waals surface area contributed by atoms with Gasteiger partial charge in [0.1, 0.15) is 5.01 Å². The van der Waals surface area contributed by atoms with Crippen molar-refractivity contribution in [2.45, 2.75) is 39.7 Å². The fourth-order valence-corrected chi connectivity index (χ4v) is 4.68. The minimum Gasteiger partial charge on any atom is -0.340 e. The lowest BCUT2D eigenvalue weighted by Crippen LogP contribution is -2.43. The number of carbonyl (C=O) groups excluding carboxylic acids is 1. The van der Waals surface area contributed by atoms with Gasteiger partial charge in [0.2, 0.25) is 0 Å². The first-order valence-corrected chi connectivity index (χ1v) is 10.0. The van der Waals surface area contributed by atoms with Crippen LogP contribution >= 0.6 is 22.7 Å². The summed E-state index contributed by atoms with van der Waals surface area (Å²) in [5.74, 6) is -0.0655. The summed E-state index contributed by atoms with van der Waals surface area (Å²) in [7, 11) is 0. The molecule has 0 aliphatic carbocycles. The van der Waals surface area contributed by atoms with Gasteiger partial charge in [0.15, 0.2) is 0 Å². The largest absolute Gasteiger partial charge is 0.340 e. The number of aryl methyl sites for hydroxylation is 2. The van der Waals surface area contributed by atoms with Crippen LogP contribution in [0.3, 0.4) is 0 Å². The number of nitrogens with one attached hydrogen (secondary N) is 1. The van der Waals surface area contributed by atoms with Crippen molar-refractivity contribution in [2.24, 2.45) is 0 Å². The van der Waals surface area contributed by atoms with Crippen LogP contribution in [0.4, 0.5) is 0 Å². The van der Waals surface area contributed by atoms with Crippen LogP contribution in [0.25, 0.3) is 11.3 Å². The summed E-state index contributed by atoms with van der Waals surface area (Å²) >= 11 is 3.40. The highest BCUT2D eigenvalue weighted by Crippen LogP contribution is 2.35. The molecule has 5 heteroatoms. The molecule has 0 fully saturated rings. The summed E-state index contributed by atoms with van der Waals surface area (Å²) in [5, 5.41) is 6.20. The molecule has 0 saturated heterocycles. The quantitative estimate of drug-likeness (QED) is 0.640. The molecule has 3 aromatic rings. The van der Waals surface area contributed by atoms with Crippen molar-refractivity contribution in [1.29, 1.82) is 0 Å². The molecule has 0 aliphatic rings. The van der Waals surface area contributed by atoms with Crippen molar-refractivity contribution in [3.05, 3.63) is 62.1 Å². The third kappa shape index (κ3) is 3.67. The standard InChI is InChI=1S/C20H22N2OS2/c1-5-20(4,22-18(23)15-9-7-6-8-10-15)19-21-17(12-24-19)16-11-13(2)25-14(16)3/h6-12H,5H2,1-4H3,(H,22,23)/t20-/m1/s1. The molecule has 25 heavy (non-hydrogen) atoms. The number of thiazole rings is 1. The number of hydrogen-bond donors (Lipinski definition) is 1. The van der Waals surface area contributed by atoms with Crippen molar-refractivity contribution >= 4 is 28.6 Å². The molecule has 0 saturated carbocycles. The van der Waals surface area contributed by atoms with Crippen molar-refractivity contribution in [1.82, 2.24) is 10.3 Å². The fourth-order valence-electron chi connectivity index (χ4n) is 2.74. The molecule has 1 amide bonds. The van der Waals surface area contributed by atoms with Gasteiger partial charge in [-0.05, 0) is 45.4 Å². The molecular formula is C20H22N2OS2. The molecule has 1 N–H and O–H groups in total. The maximum absolute atomic E-state index is 12.6. The maximum atomic E-state index is 12.6. The van der Waals surface area contributed by atoms with Crippen LogP contribution in [-0.2, 0) is 5.54 Å². The van der Waals surface area contributed by atoms with Gasteiger partial charge >= 0.3 is 0 Å². The molecular weight excluding hydrogens is 348 g/mol. The number of hydrogen-bond acceptors (Lipinski definition) is 4. The molecule has 130 valence electrons. The number of aromatic nitrogens is 1. The Kier molecular flexibility index (Phi) is 5.06. The molecule has 2 aromatic heterocycles. The van der Waals surface area contributed by atoms with Gasteiger partial charge in [0, 0.05) is 26.3 Å².